The maximum absolute atomic E-state index is 11.6. The molecule has 3 atom stereocenters. The average molecular weight is 1250 g/mol. The van der Waals surface area contributed by atoms with E-state index in [0.717, 1.165) is 56.1 Å². The van der Waals surface area contributed by atoms with Crippen LogP contribution in [0.4, 0.5) is 68.2 Å². The van der Waals surface area contributed by atoms with E-state index < -0.39 is 50.1 Å². The van der Waals surface area contributed by atoms with Crippen LogP contribution in [-0.2, 0) is 49.4 Å². The topological polar surface area (TPSA) is 346 Å². The monoisotopic (exact) mass is 1250 g/mol. The van der Waals surface area contributed by atoms with Crippen LogP contribution < -0.4 is 78.0 Å². The van der Waals surface area contributed by atoms with Gasteiger partial charge in [-0.05, 0) is 130 Å². The zero-order valence-corrected chi connectivity index (χ0v) is 51.6. The number of rotatable bonds is 8. The van der Waals surface area contributed by atoms with Gasteiger partial charge in [0.1, 0.15) is 28.8 Å². The number of carbonyl (C=O) groups excluding carboxylic acids is 6. The van der Waals surface area contributed by atoms with Crippen LogP contribution in [0, 0.1) is 0 Å². The predicted octanol–water partition coefficient (Wildman–Crippen LogP) is 7.11. The van der Waals surface area contributed by atoms with Gasteiger partial charge in [-0.2, -0.15) is 0 Å². The van der Waals surface area contributed by atoms with E-state index in [0.29, 0.717) is 51.3 Å². The first-order valence-electron chi connectivity index (χ1n) is 27.1. The minimum absolute atomic E-state index is 0.0614. The Morgan fingerprint density at radius 1 is 0.552 bits per heavy atom. The number of sulfone groups is 1. The van der Waals surface area contributed by atoms with E-state index in [-0.39, 0.29) is 46.8 Å². The standard InChI is InChI=1S/C11H14N2O3.C11H14N2O2.C10H12N2O2.C9H10N2O3S.C9H10N2O2S.C9H10N2OS/c1-12-7-2-3-9-8(6-7)13-11(15)10(16-9)4-5-14;1-11(2)10(14)13-8-6-7(12-3)4-5-9(8)15-11;1-6-10(13)12-8-5-7(11-2)3-4-9(8)14-6;1-10-6-2-3-8-7(4-6)11-9(12)5-15(8,13)14;1-10-6-2-3-8-7(4-6)11-9(12)5-14(8)13;1-10-6-2-3-8-7(4-6)11-9(12)5-13-8/h2-3,6,10,12,14H,4-5H2,1H3,(H,13,15);4-6,12H,1-3H3,(H,13,14);3-6,11H,1-2H3,(H,12,13);2-4,10H,5H2,1H3,(H,11,12);2-4,10H,5H2,1H3,(H,11,12);2-4,10H,5H2,1H3,(H,11,12). The fourth-order valence-corrected chi connectivity index (χ4v) is 11.7. The number of benzene rings is 6. The van der Waals surface area contributed by atoms with E-state index in [1.165, 1.54) is 6.07 Å². The van der Waals surface area contributed by atoms with Crippen molar-refractivity contribution in [2.75, 3.05) is 130 Å². The molecule has 6 amide bonds. The lowest BCUT2D eigenvalue weighted by Crippen LogP contribution is -2.45. The number of carbonyl (C=O) groups is 6. The van der Waals surface area contributed by atoms with Crippen LogP contribution in [0.3, 0.4) is 0 Å². The number of aliphatic hydroxyl groups is 1. The fraction of sp³-hybridized carbons (Fsp3) is 0.288. The van der Waals surface area contributed by atoms with Crippen LogP contribution in [0.15, 0.2) is 124 Å². The molecule has 0 radical (unpaired) electrons. The number of hydrogen-bond acceptors (Lipinski definition) is 20. The smallest absolute Gasteiger partial charge is 0.268 e. The van der Waals surface area contributed by atoms with Crippen LogP contribution in [-0.4, -0.2) is 137 Å². The van der Waals surface area contributed by atoms with Crippen molar-refractivity contribution in [1.82, 2.24) is 0 Å². The second-order valence-electron chi connectivity index (χ2n) is 19.9. The third-order valence-electron chi connectivity index (χ3n) is 13.3. The third-order valence-corrected chi connectivity index (χ3v) is 17.4. The minimum Gasteiger partial charge on any atom is -0.479 e. The van der Waals surface area contributed by atoms with Gasteiger partial charge in [-0.15, -0.1) is 11.8 Å². The summed E-state index contributed by atoms with van der Waals surface area (Å²) in [6.07, 6.45) is -0.708. The van der Waals surface area contributed by atoms with Gasteiger partial charge in [-0.25, -0.2) is 8.42 Å². The van der Waals surface area contributed by atoms with Gasteiger partial charge in [0.05, 0.1) is 60.5 Å². The molecule has 13 N–H and O–H groups in total. The number of thioether (sulfide) groups is 1. The van der Waals surface area contributed by atoms with Crippen LogP contribution in [0.25, 0.3) is 0 Å². The Morgan fingerprint density at radius 2 is 1.01 bits per heavy atom. The summed E-state index contributed by atoms with van der Waals surface area (Å²) < 4.78 is 51.2. The van der Waals surface area contributed by atoms with Gasteiger partial charge in [0.2, 0.25) is 17.7 Å². The summed E-state index contributed by atoms with van der Waals surface area (Å²) in [4.78, 5) is 69.8. The molecule has 0 aromatic heterocycles. The highest BCUT2D eigenvalue weighted by Gasteiger charge is 2.35. The van der Waals surface area contributed by atoms with Crippen molar-refractivity contribution < 1.29 is 60.7 Å². The van der Waals surface area contributed by atoms with Crippen molar-refractivity contribution in [3.63, 3.8) is 0 Å². The summed E-state index contributed by atoms with van der Waals surface area (Å²) in [5.41, 5.74) is 8.65. The third kappa shape index (κ3) is 17.0. The molecular weight excluding hydrogens is 1180 g/mol. The van der Waals surface area contributed by atoms with Gasteiger partial charge in [-0.1, -0.05) is 0 Å². The molecule has 0 saturated carbocycles. The number of nitrogens with one attached hydrogen (secondary N) is 12. The number of amides is 6. The van der Waals surface area contributed by atoms with Crippen LogP contribution in [0.1, 0.15) is 27.2 Å². The zero-order valence-electron chi connectivity index (χ0n) is 49.2. The molecule has 0 saturated heterocycles. The second kappa shape index (κ2) is 29.2. The Bertz CT molecular complexity index is 3720. The molecule has 25 nitrogen and oxygen atoms in total. The van der Waals surface area contributed by atoms with Gasteiger partial charge in [0, 0.05) is 94.3 Å². The molecule has 6 heterocycles. The van der Waals surface area contributed by atoms with Crippen molar-refractivity contribution in [3.8, 4) is 17.2 Å². The van der Waals surface area contributed by atoms with Crippen molar-refractivity contribution in [1.29, 1.82) is 0 Å². The summed E-state index contributed by atoms with van der Waals surface area (Å²) in [5, 5.41) is 43.1. The van der Waals surface area contributed by atoms with E-state index in [4.69, 9.17) is 19.3 Å². The number of ether oxygens (including phenoxy) is 3. The Labute approximate surface area is 510 Å². The Hall–Kier alpha value is -9.25. The molecule has 0 spiro atoms. The maximum atomic E-state index is 11.6. The molecule has 6 aromatic carbocycles. The van der Waals surface area contributed by atoms with E-state index in [2.05, 4.69) is 63.8 Å². The molecule has 0 fully saturated rings. The van der Waals surface area contributed by atoms with Crippen LogP contribution in [0.2, 0.25) is 0 Å². The van der Waals surface area contributed by atoms with Gasteiger partial charge >= 0.3 is 0 Å². The summed E-state index contributed by atoms with van der Waals surface area (Å²) in [5.74, 6) is 1.12. The molecule has 3 unspecified atom stereocenters. The van der Waals surface area contributed by atoms with E-state index in [1.807, 2.05) is 101 Å². The van der Waals surface area contributed by atoms with E-state index in [9.17, 15) is 41.4 Å². The lowest BCUT2D eigenvalue weighted by atomic mass is 10.1. The van der Waals surface area contributed by atoms with E-state index >= 15 is 0 Å². The Kier molecular flexibility index (Phi) is 21.9. The van der Waals surface area contributed by atoms with Crippen LogP contribution in [0.5, 0.6) is 17.2 Å². The molecule has 6 aromatic rings. The fourth-order valence-electron chi connectivity index (χ4n) is 8.54. The SMILES string of the molecule is CNc1ccc2c(c1)NC(=O)C(C)(C)O2.CNc1ccc2c(c1)NC(=O)C(C)O2.CNc1ccc2c(c1)NC(=O)C(CCO)O2.CNc1ccc2c(c1)NC(=O)CS2.CNc1ccc2c(c1)NC(=O)CS2(=O)=O.CNc1ccc2c(c1)NC(=O)CS2=O. The lowest BCUT2D eigenvalue weighted by Gasteiger charge is -2.31. The minimum atomic E-state index is -3.46. The summed E-state index contributed by atoms with van der Waals surface area (Å²) in [6, 6.07) is 32.8. The van der Waals surface area contributed by atoms with Crippen molar-refractivity contribution in [2.24, 2.45) is 0 Å². The van der Waals surface area contributed by atoms with Gasteiger partial charge < -0.3 is 83.1 Å². The zero-order chi connectivity index (χ0) is 63.2. The number of anilines is 12. The quantitative estimate of drug-likeness (QED) is 0.0722. The summed E-state index contributed by atoms with van der Waals surface area (Å²) in [6.45, 7) is 5.15. The first kappa shape index (κ1) is 65.3. The number of hydrogen-bond donors (Lipinski definition) is 13. The molecule has 6 aliphatic rings. The molecule has 0 bridgehead atoms. The van der Waals surface area contributed by atoms with Gasteiger partial charge in [0.25, 0.3) is 17.7 Å². The van der Waals surface area contributed by atoms with Crippen molar-refractivity contribution >= 4 is 136 Å². The first-order chi connectivity index (χ1) is 41.5. The lowest BCUT2D eigenvalue weighted by molar-refractivity contribution is -0.129. The highest BCUT2D eigenvalue weighted by Crippen LogP contribution is 2.37. The average Bonchev–Trinajstić information content (AvgIpc) is 1.52. The molecule has 12 rings (SSSR count). The summed E-state index contributed by atoms with van der Waals surface area (Å²) in [7, 11) is 6.19. The van der Waals surface area contributed by atoms with Gasteiger partial charge in [0.15, 0.2) is 27.6 Å². The Morgan fingerprint density at radius 3 is 1.59 bits per heavy atom. The highest BCUT2D eigenvalue weighted by molar-refractivity contribution is 8.00. The molecule has 0 aliphatic carbocycles. The normalized spacial score (nSPS) is 17.9. The molecule has 87 heavy (non-hydrogen) atoms. The highest BCUT2D eigenvalue weighted by atomic mass is 32.2. The first-order valence-corrected chi connectivity index (χ1v) is 31.1. The summed E-state index contributed by atoms with van der Waals surface area (Å²) >= 11 is 1.58. The van der Waals surface area contributed by atoms with Gasteiger partial charge in [-0.3, -0.25) is 33.0 Å². The molecular formula is C59H70N12O13S3. The van der Waals surface area contributed by atoms with Crippen molar-refractivity contribution in [2.45, 2.75) is 59.7 Å². The maximum Gasteiger partial charge on any atom is 0.268 e. The van der Waals surface area contributed by atoms with Crippen molar-refractivity contribution in [3.05, 3.63) is 109 Å². The number of fused-ring (bicyclic) bond motifs is 6. The van der Waals surface area contributed by atoms with E-state index in [1.54, 1.807) is 77.0 Å². The largest absolute Gasteiger partial charge is 0.479 e. The molecule has 462 valence electrons. The predicted molar refractivity (Wildman–Crippen MR) is 343 cm³/mol. The molecule has 28 heteroatoms. The molecule has 6 aliphatic heterocycles. The number of aliphatic hydroxyl groups excluding tert-OH is 1. The van der Waals surface area contributed by atoms with Crippen LogP contribution >= 0.6 is 11.8 Å². The Balaban J connectivity index is 0.000000149. The second-order valence-corrected chi connectivity index (χ2v) is 24.3.